The molecule has 0 aliphatic rings. The zero-order valence-electron chi connectivity index (χ0n) is 5.51. The van der Waals surface area contributed by atoms with E-state index in [0.717, 1.165) is 4.47 Å². The molecule has 0 amide bonds. The van der Waals surface area contributed by atoms with Crippen molar-refractivity contribution in [2.75, 3.05) is 0 Å². The fraction of sp³-hybridized carbons (Fsp3) is 0.143. The molecule has 0 radical (unpaired) electrons. The molecule has 0 saturated heterocycles. The van der Waals surface area contributed by atoms with E-state index in [1.54, 1.807) is 12.1 Å². The Morgan fingerprint density at radius 3 is 2.64 bits per heavy atom. The van der Waals surface area contributed by atoms with Gasteiger partial charge in [0.25, 0.3) is 0 Å². The van der Waals surface area contributed by atoms with Crippen molar-refractivity contribution < 1.29 is 10.2 Å². The van der Waals surface area contributed by atoms with Gasteiger partial charge in [0.05, 0.1) is 11.6 Å². The summed E-state index contributed by atoms with van der Waals surface area (Å²) in [6.45, 7) is -0.217. The molecule has 0 heterocycles. The van der Waals surface area contributed by atoms with Crippen LogP contribution in [-0.4, -0.2) is 10.2 Å². The Labute approximate surface area is 77.6 Å². The van der Waals surface area contributed by atoms with Crippen molar-refractivity contribution in [3.05, 3.63) is 27.2 Å². The summed E-state index contributed by atoms with van der Waals surface area (Å²) in [5, 5.41) is 18.2. The number of halogens is 2. The number of aliphatic hydroxyl groups is 1. The second kappa shape index (κ2) is 3.43. The third-order valence-corrected chi connectivity index (χ3v) is 2.02. The Kier molecular flexibility index (Phi) is 2.76. The monoisotopic (exact) mass is 236 g/mol. The van der Waals surface area contributed by atoms with Crippen LogP contribution in [0.25, 0.3) is 0 Å². The van der Waals surface area contributed by atoms with Crippen LogP contribution in [0.5, 0.6) is 5.75 Å². The quantitative estimate of drug-likeness (QED) is 0.787. The zero-order valence-corrected chi connectivity index (χ0v) is 7.85. The first kappa shape index (κ1) is 8.84. The fourth-order valence-corrected chi connectivity index (χ4v) is 1.62. The van der Waals surface area contributed by atoms with E-state index in [1.807, 2.05) is 0 Å². The maximum atomic E-state index is 9.21. The number of hydrogen-bond acceptors (Lipinski definition) is 2. The highest BCUT2D eigenvalue weighted by Crippen LogP contribution is 2.30. The number of hydrogen-bond donors (Lipinski definition) is 2. The molecule has 1 aromatic rings. The molecule has 60 valence electrons. The molecule has 0 aliphatic carbocycles. The van der Waals surface area contributed by atoms with Crippen molar-refractivity contribution in [3.8, 4) is 5.75 Å². The third-order valence-electron chi connectivity index (χ3n) is 1.28. The van der Waals surface area contributed by atoms with Crippen molar-refractivity contribution in [3.63, 3.8) is 0 Å². The van der Waals surface area contributed by atoms with Crippen molar-refractivity contribution in [2.45, 2.75) is 6.61 Å². The van der Waals surface area contributed by atoms with Gasteiger partial charge >= 0.3 is 0 Å². The van der Waals surface area contributed by atoms with E-state index in [-0.39, 0.29) is 17.4 Å². The molecule has 0 atom stereocenters. The van der Waals surface area contributed by atoms with E-state index in [0.29, 0.717) is 5.56 Å². The summed E-state index contributed by atoms with van der Waals surface area (Å²) in [4.78, 5) is 0. The van der Waals surface area contributed by atoms with Gasteiger partial charge in [-0.05, 0) is 12.1 Å². The van der Waals surface area contributed by atoms with Gasteiger partial charge in [0.2, 0.25) is 0 Å². The number of rotatable bonds is 1. The Morgan fingerprint density at radius 1 is 1.45 bits per heavy atom. The lowest BCUT2D eigenvalue weighted by molar-refractivity contribution is 0.275. The van der Waals surface area contributed by atoms with E-state index in [2.05, 4.69) is 15.9 Å². The van der Waals surface area contributed by atoms with Crippen molar-refractivity contribution >= 4 is 27.5 Å². The molecule has 0 aromatic heterocycles. The first-order valence-corrected chi connectivity index (χ1v) is 4.10. The predicted molar refractivity (Wildman–Crippen MR) is 46.7 cm³/mol. The lowest BCUT2D eigenvalue weighted by Gasteiger charge is -2.03. The predicted octanol–water partition coefficient (Wildman–Crippen LogP) is 2.30. The van der Waals surface area contributed by atoms with Crippen molar-refractivity contribution in [1.82, 2.24) is 0 Å². The van der Waals surface area contributed by atoms with Gasteiger partial charge in [0.15, 0.2) is 0 Å². The van der Waals surface area contributed by atoms with Gasteiger partial charge in [-0.3, -0.25) is 0 Å². The highest BCUT2D eigenvalue weighted by molar-refractivity contribution is 9.10. The van der Waals surface area contributed by atoms with Crippen LogP contribution in [0, 0.1) is 0 Å². The van der Waals surface area contributed by atoms with Crippen LogP contribution in [0.15, 0.2) is 16.6 Å². The normalized spacial score (nSPS) is 10.1. The van der Waals surface area contributed by atoms with Crippen molar-refractivity contribution in [1.29, 1.82) is 0 Å². The van der Waals surface area contributed by atoms with Gasteiger partial charge in [-0.1, -0.05) is 27.5 Å². The Bertz CT molecular complexity index is 275. The Morgan fingerprint density at radius 2 is 2.09 bits per heavy atom. The first-order chi connectivity index (χ1) is 5.15. The minimum Gasteiger partial charge on any atom is -0.506 e. The van der Waals surface area contributed by atoms with Gasteiger partial charge in [0, 0.05) is 10.0 Å². The first-order valence-electron chi connectivity index (χ1n) is 2.93. The van der Waals surface area contributed by atoms with Crippen LogP contribution in [0.2, 0.25) is 5.02 Å². The van der Waals surface area contributed by atoms with Crippen LogP contribution in [0.3, 0.4) is 0 Å². The molecule has 1 rings (SSSR count). The number of aliphatic hydroxyl groups excluding tert-OH is 1. The average molecular weight is 237 g/mol. The molecule has 1 aromatic carbocycles. The summed E-state index contributed by atoms with van der Waals surface area (Å²) < 4.78 is 0.740. The summed E-state index contributed by atoms with van der Waals surface area (Å²) in [5.74, 6) is -0.0580. The van der Waals surface area contributed by atoms with E-state index in [1.165, 1.54) is 0 Å². The lowest BCUT2D eigenvalue weighted by Crippen LogP contribution is -1.84. The maximum Gasteiger partial charge on any atom is 0.139 e. The third kappa shape index (κ3) is 1.86. The van der Waals surface area contributed by atoms with Gasteiger partial charge in [-0.25, -0.2) is 0 Å². The lowest BCUT2D eigenvalue weighted by atomic mass is 10.2. The van der Waals surface area contributed by atoms with E-state index < -0.39 is 0 Å². The van der Waals surface area contributed by atoms with Gasteiger partial charge < -0.3 is 10.2 Å². The summed E-state index contributed by atoms with van der Waals surface area (Å²) in [5.41, 5.74) is 0.421. The van der Waals surface area contributed by atoms with Gasteiger partial charge in [-0.15, -0.1) is 0 Å². The molecule has 2 N–H and O–H groups in total. The van der Waals surface area contributed by atoms with Crippen LogP contribution < -0.4 is 0 Å². The van der Waals surface area contributed by atoms with Crippen LogP contribution >= 0.6 is 27.5 Å². The minimum absolute atomic E-state index is 0.0580. The number of benzene rings is 1. The second-order valence-electron chi connectivity index (χ2n) is 2.05. The molecule has 2 nitrogen and oxygen atoms in total. The standard InChI is InChI=1S/C7H6BrClO2/c8-5-1-4(3-10)7(11)6(9)2-5/h1-2,10-11H,3H2. The largest absolute Gasteiger partial charge is 0.506 e. The molecule has 11 heavy (non-hydrogen) atoms. The fourth-order valence-electron chi connectivity index (χ4n) is 0.740. The smallest absolute Gasteiger partial charge is 0.139 e. The van der Waals surface area contributed by atoms with Crippen LogP contribution in [0.4, 0.5) is 0 Å². The van der Waals surface area contributed by atoms with Crippen LogP contribution in [0.1, 0.15) is 5.56 Å². The molecular formula is C7H6BrClO2. The summed E-state index contributed by atoms with van der Waals surface area (Å²) in [6.07, 6.45) is 0. The van der Waals surface area contributed by atoms with E-state index in [9.17, 15) is 5.11 Å². The summed E-state index contributed by atoms with van der Waals surface area (Å²) in [7, 11) is 0. The van der Waals surface area contributed by atoms with E-state index >= 15 is 0 Å². The average Bonchev–Trinajstić information content (AvgIpc) is 1.96. The molecule has 0 spiro atoms. The molecule has 0 bridgehead atoms. The minimum atomic E-state index is -0.217. The molecular weight excluding hydrogens is 231 g/mol. The molecule has 4 heteroatoms. The topological polar surface area (TPSA) is 40.5 Å². The van der Waals surface area contributed by atoms with Gasteiger partial charge in [0.1, 0.15) is 5.75 Å². The highest BCUT2D eigenvalue weighted by Gasteiger charge is 2.05. The molecule has 0 fully saturated rings. The molecule has 0 unspecified atom stereocenters. The number of phenols is 1. The highest BCUT2D eigenvalue weighted by atomic mass is 79.9. The van der Waals surface area contributed by atoms with Crippen LogP contribution in [-0.2, 0) is 6.61 Å². The maximum absolute atomic E-state index is 9.21. The van der Waals surface area contributed by atoms with Gasteiger partial charge in [-0.2, -0.15) is 0 Å². The SMILES string of the molecule is OCc1cc(Br)cc(Cl)c1O. The Hall–Kier alpha value is -0.250. The van der Waals surface area contributed by atoms with Crippen molar-refractivity contribution in [2.24, 2.45) is 0 Å². The summed E-state index contributed by atoms with van der Waals surface area (Å²) >= 11 is 8.79. The second-order valence-corrected chi connectivity index (χ2v) is 3.38. The number of aromatic hydroxyl groups is 1. The zero-order chi connectivity index (χ0) is 8.43. The van der Waals surface area contributed by atoms with E-state index in [4.69, 9.17) is 16.7 Å². The molecule has 0 aliphatic heterocycles. The molecule has 0 saturated carbocycles. The Balaban J connectivity index is 3.24. The summed E-state index contributed by atoms with van der Waals surface area (Å²) in [6, 6.07) is 3.18.